The third-order valence-corrected chi connectivity index (χ3v) is 6.18. The molecule has 0 aromatic carbocycles. The summed E-state index contributed by atoms with van der Waals surface area (Å²) in [6, 6.07) is 4.08. The molecule has 2 fully saturated rings. The quantitative estimate of drug-likeness (QED) is 0.876. The zero-order chi connectivity index (χ0) is 17.8. The molecule has 0 radical (unpaired) electrons. The fraction of sp³-hybridized carbons (Fsp3) is 0.526. The van der Waals surface area contributed by atoms with Crippen molar-refractivity contribution in [1.82, 2.24) is 15.3 Å². The van der Waals surface area contributed by atoms with E-state index in [2.05, 4.69) is 31.2 Å². The minimum absolute atomic E-state index is 0.103. The van der Waals surface area contributed by atoms with Crippen molar-refractivity contribution < 1.29 is 4.79 Å². The summed E-state index contributed by atoms with van der Waals surface area (Å²) in [4.78, 5) is 27.1. The van der Waals surface area contributed by atoms with Gasteiger partial charge in [-0.25, -0.2) is 9.97 Å². The van der Waals surface area contributed by atoms with Crippen molar-refractivity contribution >= 4 is 28.7 Å². The van der Waals surface area contributed by atoms with Crippen LogP contribution in [0.1, 0.15) is 30.6 Å². The normalized spacial score (nSPS) is 18.3. The molecular weight excluding hydrogens is 346 g/mol. The summed E-state index contributed by atoms with van der Waals surface area (Å²) in [5.41, 5.74) is 1.12. The number of hydrogen-bond donors (Lipinski definition) is 1. The highest BCUT2D eigenvalue weighted by Gasteiger charge is 2.28. The van der Waals surface area contributed by atoms with Crippen LogP contribution in [0.5, 0.6) is 0 Å². The number of carbonyl (C=O) groups excluding carboxylic acids is 1. The van der Waals surface area contributed by atoms with Gasteiger partial charge in [0.15, 0.2) is 5.82 Å². The van der Waals surface area contributed by atoms with E-state index >= 15 is 0 Å². The van der Waals surface area contributed by atoms with Gasteiger partial charge in [0.2, 0.25) is 5.91 Å². The van der Waals surface area contributed by atoms with Gasteiger partial charge < -0.3 is 15.1 Å². The maximum absolute atomic E-state index is 12.5. The second-order valence-corrected chi connectivity index (χ2v) is 8.02. The molecule has 138 valence electrons. The van der Waals surface area contributed by atoms with E-state index in [1.165, 1.54) is 17.7 Å². The molecule has 1 amide bonds. The molecule has 0 bridgehead atoms. The monoisotopic (exact) mass is 371 g/mol. The SMILES string of the molecule is O=C(NCc1cccs1)C1CCN(c2cncnc2N2CCCC2)CC1. The molecule has 1 N–H and O–H groups in total. The van der Waals surface area contributed by atoms with Crippen molar-refractivity contribution in [3.05, 3.63) is 34.9 Å². The average Bonchev–Trinajstić information content (AvgIpc) is 3.40. The first-order chi connectivity index (χ1) is 12.8. The Morgan fingerprint density at radius 1 is 1.19 bits per heavy atom. The Kier molecular flexibility index (Phi) is 5.34. The van der Waals surface area contributed by atoms with E-state index in [-0.39, 0.29) is 11.8 Å². The van der Waals surface area contributed by atoms with Gasteiger partial charge in [0.1, 0.15) is 6.33 Å². The van der Waals surface area contributed by atoms with E-state index in [1.54, 1.807) is 17.7 Å². The number of anilines is 2. The third kappa shape index (κ3) is 3.82. The van der Waals surface area contributed by atoms with E-state index < -0.39 is 0 Å². The third-order valence-electron chi connectivity index (χ3n) is 5.30. The molecule has 4 rings (SSSR count). The van der Waals surface area contributed by atoms with Crippen LogP contribution in [-0.4, -0.2) is 42.1 Å². The topological polar surface area (TPSA) is 61.4 Å². The number of piperidine rings is 1. The molecule has 26 heavy (non-hydrogen) atoms. The highest BCUT2D eigenvalue weighted by molar-refractivity contribution is 7.09. The lowest BCUT2D eigenvalue weighted by atomic mass is 9.95. The summed E-state index contributed by atoms with van der Waals surface area (Å²) in [5, 5.41) is 5.13. The Morgan fingerprint density at radius 2 is 2.00 bits per heavy atom. The van der Waals surface area contributed by atoms with Crippen LogP contribution in [0.15, 0.2) is 30.0 Å². The van der Waals surface area contributed by atoms with Gasteiger partial charge in [-0.3, -0.25) is 4.79 Å². The Bertz CT molecular complexity index is 721. The maximum atomic E-state index is 12.5. The molecule has 2 aromatic heterocycles. The van der Waals surface area contributed by atoms with E-state index in [9.17, 15) is 4.79 Å². The van der Waals surface area contributed by atoms with Crippen molar-refractivity contribution in [2.75, 3.05) is 36.0 Å². The first kappa shape index (κ1) is 17.3. The molecule has 0 unspecified atom stereocenters. The number of rotatable bonds is 5. The van der Waals surface area contributed by atoms with Crippen molar-refractivity contribution in [3.8, 4) is 0 Å². The molecule has 2 saturated heterocycles. The van der Waals surface area contributed by atoms with Crippen molar-refractivity contribution in [2.24, 2.45) is 5.92 Å². The van der Waals surface area contributed by atoms with Crippen LogP contribution in [-0.2, 0) is 11.3 Å². The number of aromatic nitrogens is 2. The Labute approximate surface area is 158 Å². The Hall–Kier alpha value is -2.15. The number of nitrogens with zero attached hydrogens (tertiary/aromatic N) is 4. The Balaban J connectivity index is 1.34. The van der Waals surface area contributed by atoms with E-state index in [0.29, 0.717) is 6.54 Å². The van der Waals surface area contributed by atoms with Crippen LogP contribution in [0, 0.1) is 5.92 Å². The number of carbonyl (C=O) groups is 1. The number of nitrogens with one attached hydrogen (secondary N) is 1. The second kappa shape index (κ2) is 8.03. The lowest BCUT2D eigenvalue weighted by Crippen LogP contribution is -2.41. The highest BCUT2D eigenvalue weighted by atomic mass is 32.1. The summed E-state index contributed by atoms with van der Waals surface area (Å²) in [6.07, 6.45) is 7.79. The van der Waals surface area contributed by atoms with Crippen molar-refractivity contribution in [3.63, 3.8) is 0 Å². The molecule has 4 heterocycles. The fourth-order valence-corrected chi connectivity index (χ4v) is 4.47. The molecule has 0 atom stereocenters. The zero-order valence-corrected chi connectivity index (χ0v) is 15.7. The van der Waals surface area contributed by atoms with Crippen LogP contribution in [0.2, 0.25) is 0 Å². The average molecular weight is 372 g/mol. The van der Waals surface area contributed by atoms with Crippen molar-refractivity contribution in [1.29, 1.82) is 0 Å². The molecule has 6 nitrogen and oxygen atoms in total. The maximum Gasteiger partial charge on any atom is 0.223 e. The molecule has 2 aliphatic rings. The van der Waals surface area contributed by atoms with Crippen molar-refractivity contribution in [2.45, 2.75) is 32.2 Å². The van der Waals surface area contributed by atoms with Gasteiger partial charge in [0.05, 0.1) is 18.4 Å². The first-order valence-corrected chi connectivity index (χ1v) is 10.3. The number of hydrogen-bond acceptors (Lipinski definition) is 6. The molecule has 0 spiro atoms. The van der Waals surface area contributed by atoms with Crippen LogP contribution >= 0.6 is 11.3 Å². The van der Waals surface area contributed by atoms with Crippen LogP contribution in [0.3, 0.4) is 0 Å². The molecular formula is C19H25N5OS. The van der Waals surface area contributed by atoms with Gasteiger partial charge in [-0.2, -0.15) is 0 Å². The molecule has 7 heteroatoms. The van der Waals surface area contributed by atoms with Gasteiger partial charge in [-0.15, -0.1) is 11.3 Å². The van der Waals surface area contributed by atoms with Crippen LogP contribution < -0.4 is 15.1 Å². The molecule has 0 aliphatic carbocycles. The lowest BCUT2D eigenvalue weighted by molar-refractivity contribution is -0.125. The standard InChI is InChI=1S/C19H25N5OS/c25-19(21-12-16-4-3-11-26-16)15-5-9-23(10-6-15)17-13-20-14-22-18(17)24-7-1-2-8-24/h3-4,11,13-15H,1-2,5-10,12H2,(H,21,25). The summed E-state index contributed by atoms with van der Waals surface area (Å²) in [7, 11) is 0. The summed E-state index contributed by atoms with van der Waals surface area (Å²) >= 11 is 1.68. The molecule has 2 aromatic rings. The van der Waals surface area contributed by atoms with E-state index in [1.807, 2.05) is 17.6 Å². The first-order valence-electron chi connectivity index (χ1n) is 9.41. The second-order valence-electron chi connectivity index (χ2n) is 6.98. The van der Waals surface area contributed by atoms with E-state index in [4.69, 9.17) is 0 Å². The number of thiophene rings is 1. The zero-order valence-electron chi connectivity index (χ0n) is 14.9. The largest absolute Gasteiger partial charge is 0.367 e. The lowest BCUT2D eigenvalue weighted by Gasteiger charge is -2.34. The fourth-order valence-electron chi connectivity index (χ4n) is 3.83. The van der Waals surface area contributed by atoms with Crippen LogP contribution in [0.4, 0.5) is 11.5 Å². The minimum atomic E-state index is 0.103. The van der Waals surface area contributed by atoms with Gasteiger partial charge in [-0.05, 0) is 37.1 Å². The number of amides is 1. The minimum Gasteiger partial charge on any atom is -0.367 e. The smallest absolute Gasteiger partial charge is 0.223 e. The van der Waals surface area contributed by atoms with Gasteiger partial charge in [0.25, 0.3) is 0 Å². The predicted octanol–water partition coefficient (Wildman–Crippen LogP) is 2.67. The summed E-state index contributed by atoms with van der Waals surface area (Å²) in [6.45, 7) is 4.55. The van der Waals surface area contributed by atoms with Gasteiger partial charge >= 0.3 is 0 Å². The van der Waals surface area contributed by atoms with E-state index in [0.717, 1.165) is 50.5 Å². The summed E-state index contributed by atoms with van der Waals surface area (Å²) in [5.74, 6) is 1.34. The predicted molar refractivity (Wildman–Crippen MR) is 105 cm³/mol. The van der Waals surface area contributed by atoms with Crippen LogP contribution in [0.25, 0.3) is 0 Å². The molecule has 2 aliphatic heterocycles. The summed E-state index contributed by atoms with van der Waals surface area (Å²) < 4.78 is 0. The van der Waals surface area contributed by atoms with Gasteiger partial charge in [-0.1, -0.05) is 6.07 Å². The molecule has 0 saturated carbocycles. The van der Waals surface area contributed by atoms with Gasteiger partial charge in [0, 0.05) is 37.0 Å². The highest BCUT2D eigenvalue weighted by Crippen LogP contribution is 2.31. The Morgan fingerprint density at radius 3 is 2.73 bits per heavy atom.